The molecule has 0 aliphatic rings. The summed E-state index contributed by atoms with van der Waals surface area (Å²) in [6, 6.07) is 0.970. The van der Waals surface area contributed by atoms with Gasteiger partial charge in [-0.15, -0.1) is 0 Å². The van der Waals surface area contributed by atoms with Crippen LogP contribution in [0.1, 0.15) is 18.9 Å². The third kappa shape index (κ3) is 4.51. The predicted octanol–water partition coefficient (Wildman–Crippen LogP) is 3.05. The summed E-state index contributed by atoms with van der Waals surface area (Å²) in [5, 5.41) is 11.6. The van der Waals surface area contributed by atoms with E-state index in [2.05, 4.69) is 26.2 Å². The van der Waals surface area contributed by atoms with Crippen LogP contribution in [0.25, 0.3) is 0 Å². The van der Waals surface area contributed by atoms with Crippen molar-refractivity contribution in [3.8, 4) is 0 Å². The molecule has 0 fully saturated rings. The molecule has 1 heterocycles. The van der Waals surface area contributed by atoms with Crippen LogP contribution in [0.3, 0.4) is 0 Å². The Hall–Kier alpha value is -0.820. The van der Waals surface area contributed by atoms with Crippen molar-refractivity contribution in [3.63, 3.8) is 0 Å². The van der Waals surface area contributed by atoms with Gasteiger partial charge >= 0.3 is 6.18 Å². The molecule has 0 aromatic carbocycles. The van der Waals surface area contributed by atoms with E-state index >= 15 is 0 Å². The van der Waals surface area contributed by atoms with Crippen LogP contribution in [0.2, 0.25) is 0 Å². The van der Waals surface area contributed by atoms with E-state index in [4.69, 9.17) is 5.11 Å². The normalized spacial score (nSPS) is 13.5. The van der Waals surface area contributed by atoms with Gasteiger partial charge in [0.05, 0.1) is 11.7 Å². The molecule has 0 saturated carbocycles. The van der Waals surface area contributed by atoms with Crippen molar-refractivity contribution in [2.75, 3.05) is 11.9 Å². The fourth-order valence-electron chi connectivity index (χ4n) is 1.20. The minimum Gasteiger partial charge on any atom is -0.393 e. The smallest absolute Gasteiger partial charge is 0.393 e. The van der Waals surface area contributed by atoms with Gasteiger partial charge < -0.3 is 10.4 Å². The van der Waals surface area contributed by atoms with Crippen molar-refractivity contribution in [2.45, 2.75) is 25.6 Å². The van der Waals surface area contributed by atoms with Gasteiger partial charge in [0.25, 0.3) is 0 Å². The number of nitrogens with one attached hydrogen (secondary N) is 1. The fraction of sp³-hybridized carbons (Fsp3) is 0.500. The van der Waals surface area contributed by atoms with E-state index in [1.807, 2.05) is 0 Å². The molecule has 0 bridgehead atoms. The Balaban J connectivity index is 2.84. The highest BCUT2D eigenvalue weighted by molar-refractivity contribution is 9.10. The van der Waals surface area contributed by atoms with Crippen molar-refractivity contribution < 1.29 is 18.3 Å². The summed E-state index contributed by atoms with van der Waals surface area (Å²) in [5.41, 5.74) is -0.822. The number of hydrogen-bond donors (Lipinski definition) is 2. The molecule has 7 heteroatoms. The van der Waals surface area contributed by atoms with Gasteiger partial charge in [-0.1, -0.05) is 0 Å². The maximum absolute atomic E-state index is 12.7. The van der Waals surface area contributed by atoms with E-state index in [1.54, 1.807) is 6.92 Å². The van der Waals surface area contributed by atoms with Crippen molar-refractivity contribution in [2.24, 2.45) is 0 Å². The molecule has 0 radical (unpaired) electrons. The van der Waals surface area contributed by atoms with E-state index in [9.17, 15) is 13.2 Å². The number of aliphatic hydroxyl groups is 1. The highest BCUT2D eigenvalue weighted by Gasteiger charge is 2.34. The molecule has 1 aromatic rings. The second-order valence-electron chi connectivity index (χ2n) is 3.61. The first kappa shape index (κ1) is 14.2. The van der Waals surface area contributed by atoms with Crippen LogP contribution < -0.4 is 5.32 Å². The summed E-state index contributed by atoms with van der Waals surface area (Å²) in [7, 11) is 0. The number of halogens is 4. The van der Waals surface area contributed by atoms with Gasteiger partial charge in [-0.2, -0.15) is 13.2 Å². The maximum Gasteiger partial charge on any atom is 0.419 e. The second kappa shape index (κ2) is 5.68. The average molecular weight is 313 g/mol. The van der Waals surface area contributed by atoms with Crippen molar-refractivity contribution >= 4 is 21.7 Å². The quantitative estimate of drug-likeness (QED) is 0.898. The summed E-state index contributed by atoms with van der Waals surface area (Å²) >= 11 is 2.95. The molecule has 1 unspecified atom stereocenters. The molecule has 0 amide bonds. The van der Waals surface area contributed by atoms with E-state index in [0.717, 1.165) is 6.07 Å². The maximum atomic E-state index is 12.7. The first-order chi connectivity index (χ1) is 7.80. The zero-order valence-electron chi connectivity index (χ0n) is 9.05. The molecule has 1 atom stereocenters. The highest BCUT2D eigenvalue weighted by atomic mass is 79.9. The number of nitrogens with zero attached hydrogens (tertiary/aromatic N) is 1. The van der Waals surface area contributed by atoms with Crippen molar-refractivity contribution in [1.29, 1.82) is 0 Å². The van der Waals surface area contributed by atoms with Gasteiger partial charge in [0.1, 0.15) is 5.82 Å². The topological polar surface area (TPSA) is 45.1 Å². The monoisotopic (exact) mass is 312 g/mol. The Kier molecular flexibility index (Phi) is 4.76. The number of pyridine rings is 1. The third-order valence-corrected chi connectivity index (χ3v) is 2.45. The molecule has 0 saturated heterocycles. The Morgan fingerprint density at radius 1 is 1.53 bits per heavy atom. The van der Waals surface area contributed by atoms with Crippen LogP contribution in [-0.4, -0.2) is 22.7 Å². The molecule has 2 N–H and O–H groups in total. The van der Waals surface area contributed by atoms with Crippen LogP contribution in [0.5, 0.6) is 0 Å². The lowest BCUT2D eigenvalue weighted by Gasteiger charge is -2.14. The lowest BCUT2D eigenvalue weighted by atomic mass is 10.2. The van der Waals surface area contributed by atoms with Crippen LogP contribution in [-0.2, 0) is 6.18 Å². The largest absolute Gasteiger partial charge is 0.419 e. The van der Waals surface area contributed by atoms with E-state index in [0.29, 0.717) is 6.42 Å². The number of aliphatic hydroxyl groups excluding tert-OH is 1. The van der Waals surface area contributed by atoms with Crippen LogP contribution in [0.15, 0.2) is 16.7 Å². The highest BCUT2D eigenvalue weighted by Crippen LogP contribution is 2.35. The Bertz CT molecular complexity index is 382. The van der Waals surface area contributed by atoms with Gasteiger partial charge in [-0.05, 0) is 35.3 Å². The zero-order valence-corrected chi connectivity index (χ0v) is 10.6. The Morgan fingerprint density at radius 2 is 2.18 bits per heavy atom. The minimum atomic E-state index is -4.45. The lowest BCUT2D eigenvalue weighted by molar-refractivity contribution is -0.137. The molecule has 96 valence electrons. The standard InChI is InChI=1S/C10H12BrF3N2O/c1-6(17)2-3-15-9-8(10(12,13)14)4-7(11)5-16-9/h4-6,17H,2-3H2,1H3,(H,15,16). The van der Waals surface area contributed by atoms with Crippen molar-refractivity contribution in [1.82, 2.24) is 4.98 Å². The molecule has 1 rings (SSSR count). The van der Waals surface area contributed by atoms with Crippen LogP contribution >= 0.6 is 15.9 Å². The molecular weight excluding hydrogens is 301 g/mol. The fourth-order valence-corrected chi connectivity index (χ4v) is 1.53. The number of aromatic nitrogens is 1. The number of anilines is 1. The first-order valence-corrected chi connectivity index (χ1v) is 5.74. The molecule has 1 aromatic heterocycles. The molecule has 0 aliphatic heterocycles. The van der Waals surface area contributed by atoms with Crippen molar-refractivity contribution in [3.05, 3.63) is 22.3 Å². The lowest BCUT2D eigenvalue weighted by Crippen LogP contribution is -2.15. The Morgan fingerprint density at radius 3 is 2.71 bits per heavy atom. The summed E-state index contributed by atoms with van der Waals surface area (Å²) in [6.07, 6.45) is -3.37. The zero-order chi connectivity index (χ0) is 13.1. The number of alkyl halides is 3. The van der Waals surface area contributed by atoms with E-state index in [1.165, 1.54) is 6.20 Å². The SMILES string of the molecule is CC(O)CCNc1ncc(Br)cc1C(F)(F)F. The van der Waals surface area contributed by atoms with Gasteiger partial charge in [0, 0.05) is 17.2 Å². The summed E-state index contributed by atoms with van der Waals surface area (Å²) in [4.78, 5) is 3.68. The van der Waals surface area contributed by atoms with Gasteiger partial charge in [0.15, 0.2) is 0 Å². The minimum absolute atomic E-state index is 0.221. The average Bonchev–Trinajstić information content (AvgIpc) is 2.18. The summed E-state index contributed by atoms with van der Waals surface area (Å²) in [6.45, 7) is 1.80. The second-order valence-corrected chi connectivity index (χ2v) is 4.53. The molecule has 17 heavy (non-hydrogen) atoms. The van der Waals surface area contributed by atoms with Gasteiger partial charge in [-0.3, -0.25) is 0 Å². The molecule has 0 aliphatic carbocycles. The number of rotatable bonds is 4. The predicted molar refractivity (Wildman–Crippen MR) is 61.7 cm³/mol. The third-order valence-electron chi connectivity index (χ3n) is 2.01. The number of hydrogen-bond acceptors (Lipinski definition) is 3. The summed E-state index contributed by atoms with van der Waals surface area (Å²) in [5.74, 6) is -0.221. The first-order valence-electron chi connectivity index (χ1n) is 4.95. The van der Waals surface area contributed by atoms with Crippen LogP contribution in [0.4, 0.5) is 19.0 Å². The van der Waals surface area contributed by atoms with Gasteiger partial charge in [0.2, 0.25) is 0 Å². The van der Waals surface area contributed by atoms with Crippen LogP contribution in [0, 0.1) is 0 Å². The molecular formula is C10H12BrF3N2O. The summed E-state index contributed by atoms with van der Waals surface area (Å²) < 4.78 is 38.3. The van der Waals surface area contributed by atoms with E-state index < -0.39 is 17.8 Å². The molecule has 3 nitrogen and oxygen atoms in total. The van der Waals surface area contributed by atoms with Gasteiger partial charge in [-0.25, -0.2) is 4.98 Å². The van der Waals surface area contributed by atoms with E-state index in [-0.39, 0.29) is 16.8 Å². The molecule has 0 spiro atoms. The Labute approximate surface area is 105 Å².